The molecule has 0 saturated carbocycles. The monoisotopic (exact) mass is 268 g/mol. The number of ether oxygens (including phenoxy) is 1. The number of carbonyl (C=O) groups is 1. The molecule has 0 spiro atoms. The van der Waals surface area contributed by atoms with Crippen molar-refractivity contribution < 1.29 is 9.53 Å². The Morgan fingerprint density at radius 3 is 2.90 bits per heavy atom. The van der Waals surface area contributed by atoms with Crippen LogP contribution < -0.4 is 4.90 Å². The molecule has 0 aromatic heterocycles. The van der Waals surface area contributed by atoms with Crippen LogP contribution in [0.3, 0.4) is 0 Å². The molecule has 102 valence electrons. The Hall–Kier alpha value is -2.12. The quantitative estimate of drug-likeness (QED) is 0.732. The van der Waals surface area contributed by atoms with Crippen LogP contribution in [0.4, 0.5) is 5.69 Å². The standard InChI is InChI=1S/C16H16N2O2/c1-18-13-8-4-3-6-11(13)16(10-17)12(15(18)19)7-5-9-14(16)20-2/h3-6,8-9,12,14H,7H2,1-2H3/t12-,14-,16+/m1/s1. The number of nitrogens with zero attached hydrogens (tertiary/aromatic N) is 2. The van der Waals surface area contributed by atoms with Crippen LogP contribution in [0.25, 0.3) is 0 Å². The van der Waals surface area contributed by atoms with E-state index in [-0.39, 0.29) is 11.8 Å². The summed E-state index contributed by atoms with van der Waals surface area (Å²) in [5.41, 5.74) is 0.752. The molecule has 3 atom stereocenters. The third-order valence-electron chi connectivity index (χ3n) is 4.46. The molecular formula is C16H16N2O2. The van der Waals surface area contributed by atoms with Crippen LogP contribution in [-0.4, -0.2) is 26.2 Å². The highest BCUT2D eigenvalue weighted by Gasteiger charge is 2.56. The van der Waals surface area contributed by atoms with E-state index in [9.17, 15) is 10.1 Å². The molecule has 0 radical (unpaired) electrons. The van der Waals surface area contributed by atoms with Crippen LogP contribution in [0.15, 0.2) is 36.4 Å². The zero-order valence-corrected chi connectivity index (χ0v) is 11.5. The van der Waals surface area contributed by atoms with Crippen molar-refractivity contribution >= 4 is 11.6 Å². The summed E-state index contributed by atoms with van der Waals surface area (Å²) < 4.78 is 5.52. The number of amides is 1. The molecule has 1 aliphatic heterocycles. The molecule has 4 nitrogen and oxygen atoms in total. The molecule has 1 amide bonds. The Kier molecular flexibility index (Phi) is 2.88. The Morgan fingerprint density at radius 1 is 1.45 bits per heavy atom. The van der Waals surface area contributed by atoms with Gasteiger partial charge >= 0.3 is 0 Å². The number of carbonyl (C=O) groups excluding carboxylic acids is 1. The molecule has 4 heteroatoms. The van der Waals surface area contributed by atoms with E-state index in [0.29, 0.717) is 6.42 Å². The van der Waals surface area contributed by atoms with Crippen LogP contribution in [0.2, 0.25) is 0 Å². The number of allylic oxidation sites excluding steroid dienone is 1. The highest BCUT2D eigenvalue weighted by atomic mass is 16.5. The molecule has 1 heterocycles. The van der Waals surface area contributed by atoms with E-state index in [0.717, 1.165) is 11.3 Å². The Bertz CT molecular complexity index is 632. The molecule has 0 unspecified atom stereocenters. The molecule has 1 aliphatic carbocycles. The number of rotatable bonds is 1. The number of para-hydroxylation sites is 1. The number of nitriles is 1. The summed E-state index contributed by atoms with van der Waals surface area (Å²) in [6.07, 6.45) is 4.01. The second kappa shape index (κ2) is 4.46. The number of anilines is 1. The Morgan fingerprint density at radius 2 is 2.20 bits per heavy atom. The SMILES string of the molecule is CO[C@@H]1C=CC[C@@H]2C(=O)N(C)c3ccccc3[C@@]21C#N. The minimum atomic E-state index is -0.927. The van der Waals surface area contributed by atoms with Gasteiger partial charge in [-0.3, -0.25) is 4.79 Å². The molecule has 2 aliphatic rings. The van der Waals surface area contributed by atoms with Crippen LogP contribution >= 0.6 is 0 Å². The maximum Gasteiger partial charge on any atom is 0.232 e. The van der Waals surface area contributed by atoms with E-state index in [1.54, 1.807) is 19.1 Å². The van der Waals surface area contributed by atoms with Gasteiger partial charge in [-0.15, -0.1) is 0 Å². The van der Waals surface area contributed by atoms with Gasteiger partial charge in [-0.1, -0.05) is 30.4 Å². The van der Waals surface area contributed by atoms with Crippen molar-refractivity contribution in [3.63, 3.8) is 0 Å². The molecule has 0 fully saturated rings. The van der Waals surface area contributed by atoms with Crippen LogP contribution in [0.5, 0.6) is 0 Å². The Balaban J connectivity index is 2.32. The van der Waals surface area contributed by atoms with E-state index in [1.807, 2.05) is 36.4 Å². The lowest BCUT2D eigenvalue weighted by Gasteiger charge is -2.47. The fourth-order valence-electron chi connectivity index (χ4n) is 3.45. The lowest BCUT2D eigenvalue weighted by atomic mass is 9.61. The summed E-state index contributed by atoms with van der Waals surface area (Å²) in [5.74, 6) is -0.404. The van der Waals surface area contributed by atoms with Crippen LogP contribution in [0, 0.1) is 17.2 Å². The van der Waals surface area contributed by atoms with E-state index < -0.39 is 11.5 Å². The number of hydrogen-bond acceptors (Lipinski definition) is 3. The maximum absolute atomic E-state index is 12.6. The normalized spacial score (nSPS) is 31.4. The van der Waals surface area contributed by atoms with Gasteiger partial charge in [0.05, 0.1) is 18.1 Å². The number of benzene rings is 1. The van der Waals surface area contributed by atoms with Crippen molar-refractivity contribution in [2.24, 2.45) is 5.92 Å². The second-order valence-corrected chi connectivity index (χ2v) is 5.27. The molecule has 3 rings (SSSR count). The largest absolute Gasteiger partial charge is 0.375 e. The zero-order chi connectivity index (χ0) is 14.3. The van der Waals surface area contributed by atoms with E-state index in [2.05, 4.69) is 6.07 Å². The van der Waals surface area contributed by atoms with Crippen molar-refractivity contribution in [3.8, 4) is 6.07 Å². The average Bonchev–Trinajstić information content (AvgIpc) is 2.51. The smallest absolute Gasteiger partial charge is 0.232 e. The molecule has 20 heavy (non-hydrogen) atoms. The van der Waals surface area contributed by atoms with Gasteiger partial charge in [0.2, 0.25) is 5.91 Å². The predicted molar refractivity (Wildman–Crippen MR) is 75.2 cm³/mol. The first-order valence-corrected chi connectivity index (χ1v) is 6.64. The summed E-state index contributed by atoms with van der Waals surface area (Å²) >= 11 is 0. The molecule has 0 saturated heterocycles. The van der Waals surface area contributed by atoms with E-state index in [4.69, 9.17) is 4.74 Å². The van der Waals surface area contributed by atoms with Gasteiger partial charge in [-0.25, -0.2) is 0 Å². The fraction of sp³-hybridized carbons (Fsp3) is 0.375. The summed E-state index contributed by atoms with van der Waals surface area (Å²) in [6.45, 7) is 0. The summed E-state index contributed by atoms with van der Waals surface area (Å²) in [7, 11) is 3.35. The van der Waals surface area contributed by atoms with Gasteiger partial charge in [0, 0.05) is 19.8 Å². The molecule has 0 bridgehead atoms. The van der Waals surface area contributed by atoms with Gasteiger partial charge in [-0.2, -0.15) is 5.26 Å². The van der Waals surface area contributed by atoms with Gasteiger partial charge in [-0.05, 0) is 18.1 Å². The fourth-order valence-corrected chi connectivity index (χ4v) is 3.45. The molecular weight excluding hydrogens is 252 g/mol. The van der Waals surface area contributed by atoms with E-state index >= 15 is 0 Å². The highest BCUT2D eigenvalue weighted by Crippen LogP contribution is 2.49. The second-order valence-electron chi connectivity index (χ2n) is 5.27. The van der Waals surface area contributed by atoms with Gasteiger partial charge < -0.3 is 9.64 Å². The third kappa shape index (κ3) is 1.41. The van der Waals surface area contributed by atoms with Gasteiger partial charge in [0.1, 0.15) is 5.41 Å². The van der Waals surface area contributed by atoms with Gasteiger partial charge in [0.15, 0.2) is 0 Å². The minimum absolute atomic E-state index is 0.0170. The number of hydrogen-bond donors (Lipinski definition) is 0. The Labute approximate surface area is 118 Å². The molecule has 0 N–H and O–H groups in total. The van der Waals surface area contributed by atoms with Crippen molar-refractivity contribution in [1.29, 1.82) is 5.26 Å². The van der Waals surface area contributed by atoms with Crippen molar-refractivity contribution in [2.45, 2.75) is 17.9 Å². The van der Waals surface area contributed by atoms with Gasteiger partial charge in [0.25, 0.3) is 0 Å². The lowest BCUT2D eigenvalue weighted by Crippen LogP contribution is -2.56. The third-order valence-corrected chi connectivity index (χ3v) is 4.46. The zero-order valence-electron chi connectivity index (χ0n) is 11.5. The van der Waals surface area contributed by atoms with Crippen LogP contribution in [0.1, 0.15) is 12.0 Å². The maximum atomic E-state index is 12.6. The van der Waals surface area contributed by atoms with E-state index in [1.165, 1.54) is 0 Å². The van der Waals surface area contributed by atoms with Crippen molar-refractivity contribution in [3.05, 3.63) is 42.0 Å². The molecule has 1 aromatic rings. The van der Waals surface area contributed by atoms with Crippen molar-refractivity contribution in [2.75, 3.05) is 19.1 Å². The highest BCUT2D eigenvalue weighted by molar-refractivity contribution is 6.00. The number of methoxy groups -OCH3 is 1. The first-order chi connectivity index (χ1) is 9.66. The van der Waals surface area contributed by atoms with Crippen molar-refractivity contribution in [1.82, 2.24) is 0 Å². The first-order valence-electron chi connectivity index (χ1n) is 6.64. The molecule has 1 aromatic carbocycles. The summed E-state index contributed by atoms with van der Waals surface area (Å²) in [6, 6.07) is 10.0. The topological polar surface area (TPSA) is 53.3 Å². The minimum Gasteiger partial charge on any atom is -0.375 e. The summed E-state index contributed by atoms with van der Waals surface area (Å²) in [4.78, 5) is 14.3. The van der Waals surface area contributed by atoms with Crippen LogP contribution in [-0.2, 0) is 14.9 Å². The number of fused-ring (bicyclic) bond motifs is 3. The lowest BCUT2D eigenvalue weighted by molar-refractivity contribution is -0.126. The summed E-state index contributed by atoms with van der Waals surface area (Å²) in [5, 5.41) is 9.89. The predicted octanol–water partition coefficient (Wildman–Crippen LogP) is 2.02. The first kappa shape index (κ1) is 12.9. The average molecular weight is 268 g/mol.